The molecule has 4 saturated carbocycles. The van der Waals surface area contributed by atoms with Gasteiger partial charge in [-0.1, -0.05) is 53.2 Å². The van der Waals surface area contributed by atoms with Crippen molar-refractivity contribution in [3.8, 4) is 0 Å². The predicted molar refractivity (Wildman–Crippen MR) is 289 cm³/mol. The lowest BCUT2D eigenvalue weighted by molar-refractivity contribution is -0.381. The van der Waals surface area contributed by atoms with Crippen molar-refractivity contribution in [1.82, 2.24) is 0 Å². The van der Waals surface area contributed by atoms with Crippen LogP contribution in [-0.2, 0) is 52.2 Å². The molecule has 0 bridgehead atoms. The first-order chi connectivity index (χ1) is 40.4. The average Bonchev–Trinajstić information content (AvgIpc) is 0.693. The molecule has 33 atom stereocenters. The first kappa shape index (κ1) is 67.1. The van der Waals surface area contributed by atoms with Crippen molar-refractivity contribution in [2.24, 2.45) is 50.2 Å². The fourth-order valence-electron chi connectivity index (χ4n) is 17.5. The SMILES string of the molecule is C[C@@H]1O[C@H](O[C@@H]2[C@@H](O[C@H]3CC[C@@]4(C)[C@@H](CC[C@]5(C)[C@@H]4CC=C4[C@H]6CC(C)(C)CC[C@@]6(C(=O)O[C@H]6O[C@@H](CO[C@H]7O[C@@H](CO)[C@H](O)[C@@H](O)[C@@H]7O)[C@H](O)[C@@H](O)[C@@H]6O)CC[C@]45C)[C@]3(C)CO)OC[C@H](O[C@H]3O[C@@H](CO)[C@H](O)[C@@H](O)[C@@H]3O)[C@H]2O)[C@@H](O)[C@H](O)[C@H]1O. The van der Waals surface area contributed by atoms with Gasteiger partial charge < -0.3 is 129 Å². The molecule has 494 valence electrons. The van der Waals surface area contributed by atoms with Gasteiger partial charge >= 0.3 is 5.97 Å². The van der Waals surface area contributed by atoms with E-state index in [-0.39, 0.29) is 35.2 Å². The summed E-state index contributed by atoms with van der Waals surface area (Å²) in [5, 5.41) is 172. The molecule has 0 amide bonds. The summed E-state index contributed by atoms with van der Waals surface area (Å²) in [6, 6.07) is 0. The second-order valence-electron chi connectivity index (χ2n) is 28.5. The molecule has 5 aliphatic carbocycles. The summed E-state index contributed by atoms with van der Waals surface area (Å²) in [4.78, 5) is 15.2. The Morgan fingerprint density at radius 1 is 0.558 bits per heavy atom. The molecule has 9 fully saturated rings. The van der Waals surface area contributed by atoms with Crippen LogP contribution in [0.15, 0.2) is 11.6 Å². The minimum Gasteiger partial charge on any atom is -0.432 e. The van der Waals surface area contributed by atoms with Crippen molar-refractivity contribution in [1.29, 1.82) is 0 Å². The van der Waals surface area contributed by atoms with Crippen molar-refractivity contribution < 1.29 is 134 Å². The third-order valence-electron chi connectivity index (χ3n) is 23.3. The molecule has 0 aromatic rings. The maximum absolute atomic E-state index is 15.2. The molecule has 0 aromatic heterocycles. The zero-order valence-corrected chi connectivity index (χ0v) is 50.0. The van der Waals surface area contributed by atoms with Gasteiger partial charge in [-0.25, -0.2) is 0 Å². The number of carbonyl (C=O) groups excluding carboxylic acids is 1. The van der Waals surface area contributed by atoms with E-state index in [2.05, 4.69) is 40.7 Å². The smallest absolute Gasteiger partial charge is 0.315 e. The standard InChI is InChI=1S/C59H96O27/c1-24-34(63)39(68)44(73)49(79-24)85-47-38(67)30(83-50-45(74)41(70)36(65)28(20-61)81-50)22-78-52(47)84-33-11-12-55(4)31(56(33,5)23-62)10-13-58(7)32(55)9-8-25-26-18-54(2,3)14-16-59(26,17-15-57(25,58)6)53(76)86-51-46(75)42(71)37(66)29(82-51)21-77-48-43(72)40(69)35(64)27(19-60)80-48/h8,24,26-52,60-75H,9-23H2,1-7H3/t24-,26+,27-,28-,29-,30-,31+,32+,33-,34-,35-,36-,37-,38+,39+,40+,41+,42+,43-,44-,45-,46-,47-,48-,49+,50+,51+,52+,55-,56-,57+,58+,59+/m0/s1. The van der Waals surface area contributed by atoms with E-state index in [1.54, 1.807) is 0 Å². The number of hydrogen-bond donors (Lipinski definition) is 16. The Kier molecular flexibility index (Phi) is 19.4. The summed E-state index contributed by atoms with van der Waals surface area (Å²) in [5.74, 6) is -0.979. The Bertz CT molecular complexity index is 2380. The van der Waals surface area contributed by atoms with Gasteiger partial charge in [0.05, 0.1) is 50.7 Å². The second-order valence-corrected chi connectivity index (χ2v) is 28.5. The summed E-state index contributed by atoms with van der Waals surface area (Å²) in [6.45, 7) is 12.0. The molecule has 16 N–H and O–H groups in total. The van der Waals surface area contributed by atoms with Crippen molar-refractivity contribution >= 4 is 5.97 Å². The van der Waals surface area contributed by atoms with E-state index < -0.39 is 208 Å². The van der Waals surface area contributed by atoms with Crippen LogP contribution in [0, 0.1) is 50.2 Å². The van der Waals surface area contributed by atoms with Crippen LogP contribution in [-0.4, -0.2) is 274 Å². The number of aliphatic hydroxyl groups excluding tert-OH is 16. The van der Waals surface area contributed by atoms with Gasteiger partial charge in [-0.15, -0.1) is 0 Å². The van der Waals surface area contributed by atoms with E-state index in [0.29, 0.717) is 57.8 Å². The summed E-state index contributed by atoms with van der Waals surface area (Å²) in [5.41, 5.74) is -2.17. The molecule has 86 heavy (non-hydrogen) atoms. The van der Waals surface area contributed by atoms with E-state index in [4.69, 9.17) is 47.4 Å². The maximum Gasteiger partial charge on any atom is 0.315 e. The molecule has 5 saturated heterocycles. The highest BCUT2D eigenvalue weighted by Crippen LogP contribution is 2.76. The third kappa shape index (κ3) is 11.2. The van der Waals surface area contributed by atoms with Crippen LogP contribution in [0.25, 0.3) is 0 Å². The summed E-state index contributed by atoms with van der Waals surface area (Å²) < 4.78 is 60.0. The van der Waals surface area contributed by atoms with Gasteiger partial charge in [0.1, 0.15) is 110 Å². The molecule has 0 unspecified atom stereocenters. The second kappa shape index (κ2) is 24.9. The largest absolute Gasteiger partial charge is 0.432 e. The van der Waals surface area contributed by atoms with E-state index in [9.17, 15) is 81.7 Å². The topological polar surface area (TPSA) is 433 Å². The Hall–Kier alpha value is -1.79. The normalized spacial score (nSPS) is 54.8. The molecular formula is C59H96O27. The number of esters is 1. The van der Waals surface area contributed by atoms with Gasteiger partial charge in [0.2, 0.25) is 6.29 Å². The Labute approximate surface area is 499 Å². The number of carbonyl (C=O) groups is 1. The van der Waals surface area contributed by atoms with Crippen LogP contribution in [0.2, 0.25) is 0 Å². The van der Waals surface area contributed by atoms with E-state index in [0.717, 1.165) is 6.42 Å². The third-order valence-corrected chi connectivity index (χ3v) is 23.3. The highest BCUT2D eigenvalue weighted by molar-refractivity contribution is 5.79. The number of hydrogen-bond acceptors (Lipinski definition) is 27. The molecule has 10 aliphatic rings. The molecule has 0 aromatic carbocycles. The molecule has 0 spiro atoms. The van der Waals surface area contributed by atoms with Gasteiger partial charge in [-0.2, -0.15) is 0 Å². The number of aliphatic hydroxyl groups is 16. The quantitative estimate of drug-likeness (QED) is 0.0454. The van der Waals surface area contributed by atoms with Crippen molar-refractivity contribution in [2.45, 2.75) is 266 Å². The van der Waals surface area contributed by atoms with Crippen LogP contribution in [0.3, 0.4) is 0 Å². The minimum atomic E-state index is -1.87. The Balaban J connectivity index is 0.871. The number of rotatable bonds is 14. The van der Waals surface area contributed by atoms with Crippen LogP contribution >= 0.6 is 0 Å². The molecule has 0 radical (unpaired) electrons. The van der Waals surface area contributed by atoms with Crippen molar-refractivity contribution in [2.75, 3.05) is 33.0 Å². The summed E-state index contributed by atoms with van der Waals surface area (Å²) in [7, 11) is 0. The maximum atomic E-state index is 15.2. The van der Waals surface area contributed by atoms with Gasteiger partial charge in [-0.3, -0.25) is 4.79 Å². The van der Waals surface area contributed by atoms with Gasteiger partial charge in [0.25, 0.3) is 0 Å². The van der Waals surface area contributed by atoms with Crippen LogP contribution in [0.1, 0.15) is 113 Å². The molecule has 5 aliphatic heterocycles. The van der Waals surface area contributed by atoms with Crippen molar-refractivity contribution in [3.63, 3.8) is 0 Å². The number of allylic oxidation sites excluding steroid dienone is 2. The Morgan fingerprint density at radius 2 is 1.12 bits per heavy atom. The summed E-state index contributed by atoms with van der Waals surface area (Å²) in [6.07, 6.45) is -31.3. The first-order valence-corrected chi connectivity index (χ1v) is 30.8. The van der Waals surface area contributed by atoms with Crippen molar-refractivity contribution in [3.05, 3.63) is 11.6 Å². The van der Waals surface area contributed by atoms with Gasteiger partial charge in [0.15, 0.2) is 25.2 Å². The lowest BCUT2D eigenvalue weighted by Crippen LogP contribution is -2.67. The predicted octanol–water partition coefficient (Wildman–Crippen LogP) is -3.57. The zero-order chi connectivity index (χ0) is 62.7. The molecule has 27 heteroatoms. The van der Waals surface area contributed by atoms with Crippen LogP contribution < -0.4 is 0 Å². The monoisotopic (exact) mass is 1240 g/mol. The lowest BCUT2D eigenvalue weighted by Gasteiger charge is -2.71. The molecule has 27 nitrogen and oxygen atoms in total. The van der Waals surface area contributed by atoms with E-state index >= 15 is 4.79 Å². The molecular weight excluding hydrogens is 1140 g/mol. The minimum absolute atomic E-state index is 0.0732. The Morgan fingerprint density at radius 3 is 1.74 bits per heavy atom. The zero-order valence-electron chi connectivity index (χ0n) is 50.0. The first-order valence-electron chi connectivity index (χ1n) is 30.8. The van der Waals surface area contributed by atoms with Crippen LogP contribution in [0.5, 0.6) is 0 Å². The lowest BCUT2D eigenvalue weighted by atomic mass is 9.33. The van der Waals surface area contributed by atoms with E-state index in [1.165, 1.54) is 12.5 Å². The molecule has 10 rings (SSSR count). The number of fused-ring (bicyclic) bond motifs is 7. The van der Waals surface area contributed by atoms with Gasteiger partial charge in [0, 0.05) is 5.41 Å². The van der Waals surface area contributed by atoms with Crippen LogP contribution in [0.4, 0.5) is 0 Å². The average molecular weight is 1240 g/mol. The highest BCUT2D eigenvalue weighted by Gasteiger charge is 2.71. The summed E-state index contributed by atoms with van der Waals surface area (Å²) >= 11 is 0. The fourth-order valence-corrected chi connectivity index (χ4v) is 17.5. The van der Waals surface area contributed by atoms with Gasteiger partial charge in [-0.05, 0) is 111 Å². The fraction of sp³-hybridized carbons (Fsp3) is 0.949. The number of ether oxygens (including phenoxy) is 10. The highest BCUT2D eigenvalue weighted by atomic mass is 16.8. The molecule has 5 heterocycles. The van der Waals surface area contributed by atoms with E-state index in [1.807, 2.05) is 6.92 Å².